The first-order valence-corrected chi connectivity index (χ1v) is 11.4. The van der Waals surface area contributed by atoms with Gasteiger partial charge in [-0.15, -0.1) is 10.2 Å². The molecule has 0 aliphatic carbocycles. The van der Waals surface area contributed by atoms with Gasteiger partial charge < -0.3 is 9.30 Å². The lowest BCUT2D eigenvalue weighted by atomic mass is 10.2. The van der Waals surface area contributed by atoms with Crippen LogP contribution in [0.3, 0.4) is 0 Å². The average molecular weight is 425 g/mol. The Morgan fingerprint density at radius 3 is 2.63 bits per heavy atom. The third-order valence-corrected chi connectivity index (χ3v) is 6.63. The van der Waals surface area contributed by atoms with Crippen molar-refractivity contribution in [1.82, 2.24) is 19.3 Å². The van der Waals surface area contributed by atoms with Crippen LogP contribution >= 0.6 is 11.8 Å². The van der Waals surface area contributed by atoms with E-state index >= 15 is 0 Å². The third kappa shape index (κ3) is 4.23. The van der Waals surface area contributed by atoms with E-state index in [2.05, 4.69) is 52.9 Å². The van der Waals surface area contributed by atoms with Gasteiger partial charge in [0.05, 0.1) is 11.9 Å². The number of aryl methyl sites for hydroxylation is 3. The summed E-state index contributed by atoms with van der Waals surface area (Å²) in [4.78, 5) is 13.0. The van der Waals surface area contributed by atoms with E-state index < -0.39 is 0 Å². The number of ketones is 1. The molecule has 2 aromatic heterocycles. The number of carbonyl (C=O) groups excluding carboxylic acids is 1. The van der Waals surface area contributed by atoms with E-state index in [0.29, 0.717) is 5.75 Å². The van der Waals surface area contributed by atoms with Crippen molar-refractivity contribution in [2.75, 3.05) is 12.4 Å². The van der Waals surface area contributed by atoms with E-state index in [1.54, 1.807) is 0 Å². The van der Waals surface area contributed by atoms with Gasteiger partial charge in [0.1, 0.15) is 5.82 Å². The smallest absolute Gasteiger partial charge is 0.196 e. The number of hydrogen-bond acceptors (Lipinski definition) is 5. The fraction of sp³-hybridized carbons (Fsp3) is 0.435. The van der Waals surface area contributed by atoms with Crippen molar-refractivity contribution in [1.29, 1.82) is 0 Å². The largest absolute Gasteiger partial charge is 0.376 e. The first-order chi connectivity index (χ1) is 14.4. The molecule has 1 fully saturated rings. The zero-order valence-corrected chi connectivity index (χ0v) is 18.8. The second-order valence-corrected chi connectivity index (χ2v) is 8.89. The van der Waals surface area contributed by atoms with Crippen molar-refractivity contribution < 1.29 is 9.53 Å². The number of carbonyl (C=O) groups is 1. The van der Waals surface area contributed by atoms with Gasteiger partial charge in [0, 0.05) is 35.8 Å². The summed E-state index contributed by atoms with van der Waals surface area (Å²) in [5.74, 6) is 1.25. The molecule has 1 aromatic carbocycles. The Labute approximate surface area is 181 Å². The van der Waals surface area contributed by atoms with Gasteiger partial charge in [0.15, 0.2) is 10.9 Å². The monoisotopic (exact) mass is 424 g/mol. The minimum atomic E-state index is 0.114. The lowest BCUT2D eigenvalue weighted by Crippen LogP contribution is -2.17. The lowest BCUT2D eigenvalue weighted by molar-refractivity contribution is 0.0957. The maximum absolute atomic E-state index is 13.0. The Hall–Kier alpha value is -2.38. The van der Waals surface area contributed by atoms with Crippen LogP contribution in [-0.2, 0) is 11.3 Å². The first-order valence-electron chi connectivity index (χ1n) is 10.4. The summed E-state index contributed by atoms with van der Waals surface area (Å²) in [5, 5.41) is 9.25. The molecule has 30 heavy (non-hydrogen) atoms. The van der Waals surface area contributed by atoms with Crippen molar-refractivity contribution in [3.8, 4) is 5.69 Å². The van der Waals surface area contributed by atoms with Gasteiger partial charge in [-0.25, -0.2) is 0 Å². The van der Waals surface area contributed by atoms with Crippen LogP contribution in [0.1, 0.15) is 46.0 Å². The molecule has 0 radical (unpaired) electrons. The SMILES string of the molecule is Cc1ccc(-n2c(C)nnc2SCC(=O)c2cc(C)n(C[C@@H]3CCCO3)c2C)cc1. The van der Waals surface area contributed by atoms with Crippen molar-refractivity contribution in [2.24, 2.45) is 0 Å². The summed E-state index contributed by atoms with van der Waals surface area (Å²) in [6.45, 7) is 9.73. The molecular formula is C23H28N4O2S. The van der Waals surface area contributed by atoms with Gasteiger partial charge in [-0.1, -0.05) is 29.5 Å². The number of rotatable bonds is 7. The van der Waals surface area contributed by atoms with Crippen LogP contribution in [0.15, 0.2) is 35.5 Å². The highest BCUT2D eigenvalue weighted by Crippen LogP contribution is 2.25. The zero-order chi connectivity index (χ0) is 21.3. The molecule has 1 aliphatic heterocycles. The molecule has 158 valence electrons. The van der Waals surface area contributed by atoms with E-state index in [1.807, 2.05) is 24.5 Å². The van der Waals surface area contributed by atoms with Gasteiger partial charge in [0.2, 0.25) is 0 Å². The summed E-state index contributed by atoms with van der Waals surface area (Å²) in [6.07, 6.45) is 2.46. The molecule has 1 aliphatic rings. The molecular weight excluding hydrogens is 396 g/mol. The Morgan fingerprint density at radius 1 is 1.17 bits per heavy atom. The maximum atomic E-state index is 13.0. The molecule has 3 aromatic rings. The summed E-state index contributed by atoms with van der Waals surface area (Å²) < 4.78 is 9.99. The van der Waals surface area contributed by atoms with Crippen molar-refractivity contribution in [3.63, 3.8) is 0 Å². The molecule has 4 rings (SSSR count). The molecule has 1 atom stereocenters. The fourth-order valence-corrected chi connectivity index (χ4v) is 4.87. The minimum Gasteiger partial charge on any atom is -0.376 e. The zero-order valence-electron chi connectivity index (χ0n) is 18.0. The number of hydrogen-bond donors (Lipinski definition) is 0. The van der Waals surface area contributed by atoms with Crippen molar-refractivity contribution in [2.45, 2.75) is 58.3 Å². The van der Waals surface area contributed by atoms with Gasteiger partial charge >= 0.3 is 0 Å². The van der Waals surface area contributed by atoms with Crippen LogP contribution in [0.2, 0.25) is 0 Å². The lowest BCUT2D eigenvalue weighted by Gasteiger charge is -2.14. The predicted molar refractivity (Wildman–Crippen MR) is 119 cm³/mol. The van der Waals surface area contributed by atoms with E-state index in [9.17, 15) is 4.79 Å². The van der Waals surface area contributed by atoms with Gasteiger partial charge in [-0.2, -0.15) is 0 Å². The Kier molecular flexibility index (Phi) is 6.11. The van der Waals surface area contributed by atoms with Gasteiger partial charge in [-0.05, 0) is 58.7 Å². The van der Waals surface area contributed by atoms with Crippen LogP contribution in [0.5, 0.6) is 0 Å². The molecule has 0 saturated carbocycles. The molecule has 7 heteroatoms. The Balaban J connectivity index is 1.49. The molecule has 3 heterocycles. The summed E-state index contributed by atoms with van der Waals surface area (Å²) >= 11 is 1.43. The maximum Gasteiger partial charge on any atom is 0.196 e. The van der Waals surface area contributed by atoms with Crippen LogP contribution < -0.4 is 0 Å². The van der Waals surface area contributed by atoms with Crippen molar-refractivity contribution >= 4 is 17.5 Å². The molecule has 0 bridgehead atoms. The van der Waals surface area contributed by atoms with E-state index in [-0.39, 0.29) is 11.9 Å². The van der Waals surface area contributed by atoms with Crippen LogP contribution in [0.25, 0.3) is 5.69 Å². The highest BCUT2D eigenvalue weighted by atomic mass is 32.2. The number of ether oxygens (including phenoxy) is 1. The highest BCUT2D eigenvalue weighted by molar-refractivity contribution is 7.99. The standard InChI is InChI=1S/C23H28N4O2S/c1-15-7-9-19(10-8-15)27-18(4)24-25-23(27)30-14-22(28)21-12-16(2)26(17(21)3)13-20-6-5-11-29-20/h7-10,12,20H,5-6,11,13-14H2,1-4H3/t20-/m0/s1. The first kappa shape index (κ1) is 20.9. The fourth-order valence-electron chi connectivity index (χ4n) is 3.99. The molecule has 0 unspecified atom stereocenters. The van der Waals surface area contributed by atoms with Gasteiger partial charge in [-0.3, -0.25) is 9.36 Å². The second kappa shape index (κ2) is 8.78. The second-order valence-electron chi connectivity index (χ2n) is 7.94. The number of Topliss-reactive ketones (excluding diaryl/α,β-unsaturated/α-hetero) is 1. The molecule has 1 saturated heterocycles. The Morgan fingerprint density at radius 2 is 1.93 bits per heavy atom. The summed E-state index contributed by atoms with van der Waals surface area (Å²) in [6, 6.07) is 10.2. The predicted octanol–water partition coefficient (Wildman–Crippen LogP) is 4.46. The third-order valence-electron chi connectivity index (χ3n) is 5.70. The minimum absolute atomic E-state index is 0.114. The molecule has 0 spiro atoms. The van der Waals surface area contributed by atoms with E-state index in [4.69, 9.17) is 4.74 Å². The van der Waals surface area contributed by atoms with Crippen molar-refractivity contribution in [3.05, 3.63) is 58.7 Å². The molecule has 6 nitrogen and oxygen atoms in total. The summed E-state index contributed by atoms with van der Waals surface area (Å²) in [7, 11) is 0. The topological polar surface area (TPSA) is 61.9 Å². The van der Waals surface area contributed by atoms with Gasteiger partial charge in [0.25, 0.3) is 0 Å². The van der Waals surface area contributed by atoms with E-state index in [0.717, 1.165) is 59.6 Å². The number of thioether (sulfide) groups is 1. The van der Waals surface area contributed by atoms with Crippen LogP contribution in [-0.4, -0.2) is 43.6 Å². The number of aromatic nitrogens is 4. The van der Waals surface area contributed by atoms with E-state index in [1.165, 1.54) is 17.3 Å². The molecule has 0 N–H and O–H groups in total. The number of nitrogens with zero attached hydrogens (tertiary/aromatic N) is 4. The average Bonchev–Trinajstić information content (AvgIpc) is 3.44. The van der Waals surface area contributed by atoms with Crippen LogP contribution in [0, 0.1) is 27.7 Å². The molecule has 0 amide bonds. The number of benzene rings is 1. The Bertz CT molecular complexity index is 1050. The highest BCUT2D eigenvalue weighted by Gasteiger charge is 2.22. The summed E-state index contributed by atoms with van der Waals surface area (Å²) in [5.41, 5.74) is 5.12. The van der Waals surface area contributed by atoms with Crippen LogP contribution in [0.4, 0.5) is 0 Å². The quantitative estimate of drug-likeness (QED) is 0.414. The normalized spacial score (nSPS) is 16.3.